The molecule has 1 amide bonds. The van der Waals surface area contributed by atoms with Gasteiger partial charge in [-0.15, -0.1) is 11.6 Å². The minimum Gasteiger partial charge on any atom is -0.507 e. The second-order valence-corrected chi connectivity index (χ2v) is 6.90. The first-order chi connectivity index (χ1) is 9.46. The van der Waals surface area contributed by atoms with Crippen LogP contribution in [0.25, 0.3) is 0 Å². The van der Waals surface area contributed by atoms with Crippen molar-refractivity contribution in [2.24, 2.45) is 5.92 Å². The summed E-state index contributed by atoms with van der Waals surface area (Å²) in [5.41, 5.74) is -0.0672. The molecule has 1 saturated carbocycles. The summed E-state index contributed by atoms with van der Waals surface area (Å²) >= 11 is 9.41. The maximum Gasteiger partial charge on any atom is 0.255 e. The van der Waals surface area contributed by atoms with Crippen molar-refractivity contribution >= 4 is 33.4 Å². The topological polar surface area (TPSA) is 49.3 Å². The number of benzene rings is 1. The second kappa shape index (κ2) is 6.35. The number of aromatic hydroxyl groups is 1. The molecular formula is C15H19BrClNO2. The average Bonchev–Trinajstić information content (AvgIpc) is 2.44. The number of carbonyl (C=O) groups is 1. The standard InChI is InChI=1S/C15H19BrClNO2/c1-10-4-6-15(9-17,7-5-10)18-14(20)12-8-11(16)2-3-13(12)19/h2-3,8,10,19H,4-7,9H2,1H3,(H,18,20). The molecule has 0 spiro atoms. The maximum absolute atomic E-state index is 12.4. The van der Waals surface area contributed by atoms with Crippen molar-refractivity contribution in [1.29, 1.82) is 0 Å². The number of halogens is 2. The van der Waals surface area contributed by atoms with Crippen molar-refractivity contribution in [3.63, 3.8) is 0 Å². The largest absolute Gasteiger partial charge is 0.507 e. The Bertz CT molecular complexity index is 499. The predicted octanol–water partition coefficient (Wildman–Crippen LogP) is 4.07. The molecule has 2 N–H and O–H groups in total. The minimum absolute atomic E-state index is 0.0143. The molecule has 0 aliphatic heterocycles. The molecule has 20 heavy (non-hydrogen) atoms. The van der Waals surface area contributed by atoms with Crippen molar-refractivity contribution in [3.05, 3.63) is 28.2 Å². The summed E-state index contributed by atoms with van der Waals surface area (Å²) < 4.78 is 0.762. The number of hydrogen-bond acceptors (Lipinski definition) is 2. The molecule has 0 saturated heterocycles. The summed E-state index contributed by atoms with van der Waals surface area (Å²) in [7, 11) is 0. The van der Waals surface area contributed by atoms with Gasteiger partial charge >= 0.3 is 0 Å². The number of amides is 1. The fourth-order valence-corrected chi connectivity index (χ4v) is 3.30. The summed E-state index contributed by atoms with van der Waals surface area (Å²) in [4.78, 5) is 12.4. The van der Waals surface area contributed by atoms with Crippen LogP contribution in [0.1, 0.15) is 43.0 Å². The molecule has 0 unspecified atom stereocenters. The lowest BCUT2D eigenvalue weighted by atomic mass is 9.78. The van der Waals surface area contributed by atoms with Crippen LogP contribution in [0.5, 0.6) is 5.75 Å². The molecule has 110 valence electrons. The van der Waals surface area contributed by atoms with Gasteiger partial charge in [0.05, 0.1) is 11.1 Å². The van der Waals surface area contributed by atoms with Crippen LogP contribution in [0.15, 0.2) is 22.7 Å². The lowest BCUT2D eigenvalue weighted by Crippen LogP contribution is -2.52. The molecule has 5 heteroatoms. The van der Waals surface area contributed by atoms with E-state index in [0.29, 0.717) is 11.8 Å². The lowest BCUT2D eigenvalue weighted by molar-refractivity contribution is 0.0869. The lowest BCUT2D eigenvalue weighted by Gasteiger charge is -2.38. The van der Waals surface area contributed by atoms with Crippen LogP contribution in [0.4, 0.5) is 0 Å². The number of phenols is 1. The van der Waals surface area contributed by atoms with Crippen LogP contribution in [-0.4, -0.2) is 22.4 Å². The quantitative estimate of drug-likeness (QED) is 0.798. The zero-order chi connectivity index (χ0) is 14.8. The Labute approximate surface area is 132 Å². The molecule has 1 aliphatic carbocycles. The zero-order valence-electron chi connectivity index (χ0n) is 11.5. The monoisotopic (exact) mass is 359 g/mol. The second-order valence-electron chi connectivity index (χ2n) is 5.71. The number of phenolic OH excluding ortho intramolecular Hbond substituents is 1. The van der Waals surface area contributed by atoms with Crippen LogP contribution < -0.4 is 5.32 Å². The van der Waals surface area contributed by atoms with Crippen LogP contribution >= 0.6 is 27.5 Å². The van der Waals surface area contributed by atoms with E-state index in [2.05, 4.69) is 28.2 Å². The fourth-order valence-electron chi connectivity index (χ4n) is 2.61. The average molecular weight is 361 g/mol. The van der Waals surface area contributed by atoms with Crippen molar-refractivity contribution < 1.29 is 9.90 Å². The van der Waals surface area contributed by atoms with Crippen molar-refractivity contribution in [1.82, 2.24) is 5.32 Å². The number of alkyl halides is 1. The third-order valence-electron chi connectivity index (χ3n) is 4.07. The molecule has 1 fully saturated rings. The van der Waals surface area contributed by atoms with Gasteiger partial charge in [-0.2, -0.15) is 0 Å². The molecule has 1 aliphatic rings. The van der Waals surface area contributed by atoms with Gasteiger partial charge in [0.25, 0.3) is 5.91 Å². The Balaban J connectivity index is 2.15. The molecule has 1 aromatic rings. The van der Waals surface area contributed by atoms with Gasteiger partial charge in [0.15, 0.2) is 0 Å². The van der Waals surface area contributed by atoms with E-state index in [9.17, 15) is 9.90 Å². The highest BCUT2D eigenvalue weighted by atomic mass is 79.9. The SMILES string of the molecule is CC1CCC(CCl)(NC(=O)c2cc(Br)ccc2O)CC1. The molecule has 0 radical (unpaired) electrons. The van der Waals surface area contributed by atoms with Gasteiger partial charge in [0.2, 0.25) is 0 Å². The Kier molecular flexibility index (Phi) is 4.97. The van der Waals surface area contributed by atoms with Gasteiger partial charge in [-0.3, -0.25) is 4.79 Å². The first-order valence-corrected chi connectivity index (χ1v) is 8.15. The van der Waals surface area contributed by atoms with Gasteiger partial charge in [-0.25, -0.2) is 0 Å². The van der Waals surface area contributed by atoms with Gasteiger partial charge in [-0.1, -0.05) is 22.9 Å². The fraction of sp³-hybridized carbons (Fsp3) is 0.533. The van der Waals surface area contributed by atoms with E-state index in [0.717, 1.165) is 30.2 Å². The Morgan fingerprint density at radius 1 is 1.50 bits per heavy atom. The Morgan fingerprint density at radius 3 is 2.75 bits per heavy atom. The molecule has 0 aromatic heterocycles. The zero-order valence-corrected chi connectivity index (χ0v) is 13.8. The van der Waals surface area contributed by atoms with Crippen LogP contribution in [0.3, 0.4) is 0 Å². The van der Waals surface area contributed by atoms with Gasteiger partial charge in [0.1, 0.15) is 5.75 Å². The van der Waals surface area contributed by atoms with E-state index in [1.54, 1.807) is 12.1 Å². The Hall–Kier alpha value is -0.740. The normalized spacial score (nSPS) is 26.2. The predicted molar refractivity (Wildman–Crippen MR) is 84.4 cm³/mol. The van der Waals surface area contributed by atoms with E-state index in [4.69, 9.17) is 11.6 Å². The van der Waals surface area contributed by atoms with Crippen molar-refractivity contribution in [2.75, 3.05) is 5.88 Å². The minimum atomic E-state index is -0.347. The number of carbonyl (C=O) groups excluding carboxylic acids is 1. The molecule has 0 atom stereocenters. The van der Waals surface area contributed by atoms with Crippen molar-refractivity contribution in [2.45, 2.75) is 38.1 Å². The first kappa shape index (κ1) is 15.6. The molecule has 2 rings (SSSR count). The molecule has 3 nitrogen and oxygen atoms in total. The summed E-state index contributed by atoms with van der Waals surface area (Å²) in [5.74, 6) is 0.807. The summed E-state index contributed by atoms with van der Waals surface area (Å²) in [6.07, 6.45) is 3.91. The number of hydrogen-bond donors (Lipinski definition) is 2. The van der Waals surface area contributed by atoms with E-state index in [1.165, 1.54) is 6.07 Å². The first-order valence-electron chi connectivity index (χ1n) is 6.83. The smallest absolute Gasteiger partial charge is 0.255 e. The van der Waals surface area contributed by atoms with Crippen LogP contribution in [-0.2, 0) is 0 Å². The van der Waals surface area contributed by atoms with E-state index >= 15 is 0 Å². The van der Waals surface area contributed by atoms with E-state index in [1.807, 2.05) is 0 Å². The van der Waals surface area contributed by atoms with E-state index in [-0.39, 0.29) is 22.8 Å². The highest BCUT2D eigenvalue weighted by Gasteiger charge is 2.35. The maximum atomic E-state index is 12.4. The van der Waals surface area contributed by atoms with Crippen LogP contribution in [0.2, 0.25) is 0 Å². The third kappa shape index (κ3) is 3.47. The van der Waals surface area contributed by atoms with Crippen LogP contribution in [0, 0.1) is 5.92 Å². The number of nitrogens with one attached hydrogen (secondary N) is 1. The van der Waals surface area contributed by atoms with Gasteiger partial charge < -0.3 is 10.4 Å². The summed E-state index contributed by atoms with van der Waals surface area (Å²) in [6.45, 7) is 2.22. The van der Waals surface area contributed by atoms with Gasteiger partial charge in [0, 0.05) is 10.4 Å². The van der Waals surface area contributed by atoms with Gasteiger partial charge in [-0.05, 0) is 49.8 Å². The summed E-state index contributed by atoms with van der Waals surface area (Å²) in [5, 5.41) is 12.9. The third-order valence-corrected chi connectivity index (χ3v) is 5.07. The van der Waals surface area contributed by atoms with E-state index < -0.39 is 0 Å². The highest BCUT2D eigenvalue weighted by Crippen LogP contribution is 2.33. The number of rotatable bonds is 3. The summed E-state index contributed by atoms with van der Waals surface area (Å²) in [6, 6.07) is 4.83. The van der Waals surface area contributed by atoms with Crippen molar-refractivity contribution in [3.8, 4) is 5.75 Å². The molecule has 0 heterocycles. The molecular weight excluding hydrogens is 342 g/mol. The highest BCUT2D eigenvalue weighted by molar-refractivity contribution is 9.10. The molecule has 1 aromatic carbocycles. The molecule has 0 bridgehead atoms. The Morgan fingerprint density at radius 2 is 2.15 bits per heavy atom.